The lowest BCUT2D eigenvalue weighted by Crippen LogP contribution is -1.99. The minimum Gasteiger partial charge on any atom is -0.293 e. The van der Waals surface area contributed by atoms with Crippen LogP contribution in [0.15, 0.2) is 23.1 Å². The number of hydrogen-bond acceptors (Lipinski definition) is 2. The van der Waals surface area contributed by atoms with E-state index in [1.807, 2.05) is 0 Å². The first-order valence-electron chi connectivity index (χ1n) is 4.71. The predicted molar refractivity (Wildman–Crippen MR) is 55.2 cm³/mol. The molecule has 0 unspecified atom stereocenters. The molecule has 0 fully saturated rings. The molecule has 1 aromatic rings. The Morgan fingerprint density at radius 2 is 2.43 bits per heavy atom. The number of Topliss-reactive ketones (excluding diaryl/α,β-unsaturated/α-hetero) is 1. The number of hydrogen-bond donors (Lipinski definition) is 0. The van der Waals surface area contributed by atoms with Gasteiger partial charge < -0.3 is 0 Å². The lowest BCUT2D eigenvalue weighted by atomic mass is 10.1. The first-order chi connectivity index (χ1) is 6.77. The molecule has 0 aromatic carbocycles. The van der Waals surface area contributed by atoms with Crippen molar-refractivity contribution >= 4 is 17.1 Å². The second-order valence-corrected chi connectivity index (χ2v) is 4.37. The number of thiophene rings is 1. The van der Waals surface area contributed by atoms with Crippen LogP contribution in [0.4, 0.5) is 4.39 Å². The summed E-state index contributed by atoms with van der Waals surface area (Å²) in [5.74, 6) is -0.454. The Bertz CT molecular complexity index is 378. The van der Waals surface area contributed by atoms with Gasteiger partial charge in [-0.1, -0.05) is 11.6 Å². The van der Waals surface area contributed by atoms with E-state index in [1.54, 1.807) is 5.38 Å². The van der Waals surface area contributed by atoms with E-state index in [0.717, 1.165) is 19.3 Å². The van der Waals surface area contributed by atoms with Crippen molar-refractivity contribution in [1.82, 2.24) is 0 Å². The summed E-state index contributed by atoms with van der Waals surface area (Å²) in [7, 11) is 0. The molecule has 0 atom stereocenters. The van der Waals surface area contributed by atoms with Crippen molar-refractivity contribution in [2.24, 2.45) is 0 Å². The predicted octanol–water partition coefficient (Wildman–Crippen LogP) is 3.57. The molecule has 14 heavy (non-hydrogen) atoms. The molecular weight excluding hydrogens is 199 g/mol. The summed E-state index contributed by atoms with van der Waals surface area (Å²) in [6.45, 7) is 0. The third-order valence-electron chi connectivity index (χ3n) is 2.39. The zero-order valence-electron chi connectivity index (χ0n) is 7.75. The van der Waals surface area contributed by atoms with Crippen LogP contribution in [0.1, 0.15) is 35.4 Å². The fourth-order valence-electron chi connectivity index (χ4n) is 1.68. The van der Waals surface area contributed by atoms with Gasteiger partial charge in [0.15, 0.2) is 5.78 Å². The highest BCUT2D eigenvalue weighted by Gasteiger charge is 2.16. The van der Waals surface area contributed by atoms with E-state index in [-0.39, 0.29) is 16.5 Å². The molecule has 1 aromatic heterocycles. The second-order valence-electron chi connectivity index (χ2n) is 3.45. The topological polar surface area (TPSA) is 17.1 Å². The SMILES string of the molecule is O=C(CC1=CCCC1)c1sccc1F. The number of allylic oxidation sites excluding steroid dienone is 2. The molecule has 0 amide bonds. The fourth-order valence-corrected chi connectivity index (χ4v) is 2.38. The standard InChI is InChI=1S/C11H11FOS/c12-9-5-6-14-11(9)10(13)7-8-3-1-2-4-8/h3,5-6H,1-2,4,7H2. The maximum atomic E-state index is 13.0. The Hall–Kier alpha value is -0.960. The molecular formula is C11H11FOS. The van der Waals surface area contributed by atoms with Crippen LogP contribution in [0.25, 0.3) is 0 Å². The van der Waals surface area contributed by atoms with Crippen LogP contribution in [-0.2, 0) is 0 Å². The summed E-state index contributed by atoms with van der Waals surface area (Å²) in [5, 5.41) is 1.62. The first kappa shape index (κ1) is 9.59. The summed E-state index contributed by atoms with van der Waals surface area (Å²) in [5.41, 5.74) is 1.17. The lowest BCUT2D eigenvalue weighted by Gasteiger charge is -1.99. The van der Waals surface area contributed by atoms with Gasteiger partial charge in [-0.25, -0.2) is 4.39 Å². The zero-order chi connectivity index (χ0) is 9.97. The van der Waals surface area contributed by atoms with E-state index in [2.05, 4.69) is 6.08 Å². The number of halogens is 1. The summed E-state index contributed by atoms with van der Waals surface area (Å²) in [4.78, 5) is 11.9. The molecule has 0 saturated carbocycles. The van der Waals surface area contributed by atoms with E-state index >= 15 is 0 Å². The maximum Gasteiger partial charge on any atom is 0.179 e. The molecule has 0 spiro atoms. The summed E-state index contributed by atoms with van der Waals surface area (Å²) in [6, 6.07) is 1.35. The van der Waals surface area contributed by atoms with Crippen molar-refractivity contribution in [1.29, 1.82) is 0 Å². The van der Waals surface area contributed by atoms with Gasteiger partial charge >= 0.3 is 0 Å². The van der Waals surface area contributed by atoms with Gasteiger partial charge in [-0.15, -0.1) is 11.3 Å². The Labute approximate surface area is 86.3 Å². The quantitative estimate of drug-likeness (QED) is 0.550. The summed E-state index contributed by atoms with van der Waals surface area (Å²) in [6.07, 6.45) is 5.70. The van der Waals surface area contributed by atoms with Crippen LogP contribution in [-0.4, -0.2) is 5.78 Å². The summed E-state index contributed by atoms with van der Waals surface area (Å²) < 4.78 is 13.0. The molecule has 0 bridgehead atoms. The Morgan fingerprint density at radius 1 is 1.57 bits per heavy atom. The Balaban J connectivity index is 2.06. The Morgan fingerprint density at radius 3 is 3.00 bits per heavy atom. The molecule has 0 aliphatic heterocycles. The van der Waals surface area contributed by atoms with Gasteiger partial charge in [0.05, 0.1) is 0 Å². The van der Waals surface area contributed by atoms with Crippen LogP contribution in [0.3, 0.4) is 0 Å². The van der Waals surface area contributed by atoms with Gasteiger partial charge in [0.2, 0.25) is 0 Å². The van der Waals surface area contributed by atoms with Gasteiger partial charge in [0.1, 0.15) is 10.7 Å². The molecule has 0 N–H and O–H groups in total. The lowest BCUT2D eigenvalue weighted by molar-refractivity contribution is 0.0993. The van der Waals surface area contributed by atoms with Gasteiger partial charge in [-0.3, -0.25) is 4.79 Å². The number of ketones is 1. The smallest absolute Gasteiger partial charge is 0.179 e. The van der Waals surface area contributed by atoms with Gasteiger partial charge in [0, 0.05) is 6.42 Å². The number of carbonyl (C=O) groups is 1. The summed E-state index contributed by atoms with van der Waals surface area (Å²) >= 11 is 1.19. The monoisotopic (exact) mass is 210 g/mol. The molecule has 1 aliphatic rings. The molecule has 1 aliphatic carbocycles. The minimum absolute atomic E-state index is 0.0781. The normalized spacial score (nSPS) is 15.6. The average Bonchev–Trinajstić information content (AvgIpc) is 2.75. The second kappa shape index (κ2) is 4.05. The van der Waals surface area contributed by atoms with Crippen LogP contribution in [0.5, 0.6) is 0 Å². The first-order valence-corrected chi connectivity index (χ1v) is 5.59. The van der Waals surface area contributed by atoms with E-state index in [9.17, 15) is 9.18 Å². The van der Waals surface area contributed by atoms with E-state index < -0.39 is 0 Å². The van der Waals surface area contributed by atoms with Gasteiger partial charge in [0.25, 0.3) is 0 Å². The van der Waals surface area contributed by atoms with Crippen LogP contribution < -0.4 is 0 Å². The van der Waals surface area contributed by atoms with E-state index in [1.165, 1.54) is 23.0 Å². The van der Waals surface area contributed by atoms with Crippen molar-refractivity contribution in [3.8, 4) is 0 Å². The molecule has 0 radical (unpaired) electrons. The maximum absolute atomic E-state index is 13.0. The molecule has 1 heterocycles. The highest BCUT2D eigenvalue weighted by atomic mass is 32.1. The molecule has 74 valence electrons. The van der Waals surface area contributed by atoms with Crippen LogP contribution in [0.2, 0.25) is 0 Å². The van der Waals surface area contributed by atoms with Crippen LogP contribution >= 0.6 is 11.3 Å². The molecule has 0 saturated heterocycles. The third-order valence-corrected chi connectivity index (χ3v) is 3.32. The zero-order valence-corrected chi connectivity index (χ0v) is 8.57. The highest BCUT2D eigenvalue weighted by Crippen LogP contribution is 2.24. The minimum atomic E-state index is -0.376. The molecule has 1 nitrogen and oxygen atoms in total. The fraction of sp³-hybridized carbons (Fsp3) is 0.364. The average molecular weight is 210 g/mol. The van der Waals surface area contributed by atoms with E-state index in [4.69, 9.17) is 0 Å². The van der Waals surface area contributed by atoms with Crippen molar-refractivity contribution < 1.29 is 9.18 Å². The van der Waals surface area contributed by atoms with Crippen molar-refractivity contribution in [3.63, 3.8) is 0 Å². The largest absolute Gasteiger partial charge is 0.293 e. The molecule has 3 heteroatoms. The van der Waals surface area contributed by atoms with Crippen molar-refractivity contribution in [2.75, 3.05) is 0 Å². The van der Waals surface area contributed by atoms with Gasteiger partial charge in [-0.05, 0) is 30.7 Å². The number of carbonyl (C=O) groups excluding carboxylic acids is 1. The van der Waals surface area contributed by atoms with E-state index in [0.29, 0.717) is 6.42 Å². The van der Waals surface area contributed by atoms with Crippen molar-refractivity contribution in [3.05, 3.63) is 33.8 Å². The van der Waals surface area contributed by atoms with Crippen LogP contribution in [0, 0.1) is 5.82 Å². The third kappa shape index (κ3) is 1.93. The van der Waals surface area contributed by atoms with Gasteiger partial charge in [-0.2, -0.15) is 0 Å². The molecule has 2 rings (SSSR count). The number of rotatable bonds is 3. The highest BCUT2D eigenvalue weighted by molar-refractivity contribution is 7.12. The Kier molecular flexibility index (Phi) is 2.77. The van der Waals surface area contributed by atoms with Crippen molar-refractivity contribution in [2.45, 2.75) is 25.7 Å².